The Morgan fingerprint density at radius 3 is 2.22 bits per heavy atom. The molecule has 0 fully saturated rings. The van der Waals surface area contributed by atoms with E-state index in [1.807, 2.05) is 36.4 Å². The molecule has 0 aliphatic heterocycles. The van der Waals surface area contributed by atoms with E-state index in [0.29, 0.717) is 35.8 Å². The zero-order chi connectivity index (χ0) is 22.7. The van der Waals surface area contributed by atoms with Crippen LogP contribution in [-0.4, -0.2) is 36.7 Å². The summed E-state index contributed by atoms with van der Waals surface area (Å²) in [6.45, 7) is 4.36. The normalized spacial score (nSPS) is 11.7. The van der Waals surface area contributed by atoms with Gasteiger partial charge >= 0.3 is 0 Å². The number of oxazole rings is 1. The van der Waals surface area contributed by atoms with Crippen LogP contribution >= 0.6 is 0 Å². The molecule has 0 radical (unpaired) electrons. The van der Waals surface area contributed by atoms with Gasteiger partial charge in [-0.1, -0.05) is 26.0 Å². The fraction of sp³-hybridized carbons (Fsp3) is 0.167. The summed E-state index contributed by atoms with van der Waals surface area (Å²) in [5.41, 5.74) is 3.27. The first-order chi connectivity index (χ1) is 15.4. The van der Waals surface area contributed by atoms with Crippen LogP contribution in [0.1, 0.15) is 24.2 Å². The number of aromatic nitrogens is 1. The fourth-order valence-corrected chi connectivity index (χ4v) is 4.84. The Kier molecular flexibility index (Phi) is 6.07. The summed E-state index contributed by atoms with van der Waals surface area (Å²) in [5.74, 6) is 0.181. The molecule has 1 N–H and O–H groups in total. The van der Waals surface area contributed by atoms with E-state index in [1.54, 1.807) is 26.0 Å². The highest BCUT2D eigenvalue weighted by molar-refractivity contribution is 7.89. The average molecular weight is 450 g/mol. The van der Waals surface area contributed by atoms with E-state index in [-0.39, 0.29) is 10.8 Å². The lowest BCUT2D eigenvalue weighted by Crippen LogP contribution is -2.30. The molecule has 1 aromatic heterocycles. The van der Waals surface area contributed by atoms with Gasteiger partial charge in [-0.2, -0.15) is 4.31 Å². The van der Waals surface area contributed by atoms with Gasteiger partial charge in [0, 0.05) is 29.9 Å². The lowest BCUT2D eigenvalue weighted by atomic mass is 10.2. The first-order valence-corrected chi connectivity index (χ1v) is 11.7. The maximum atomic E-state index is 12.6. The second-order valence-corrected chi connectivity index (χ2v) is 9.07. The van der Waals surface area contributed by atoms with Gasteiger partial charge in [0.05, 0.1) is 4.90 Å². The number of rotatable bonds is 7. The molecule has 7 nitrogen and oxygen atoms in total. The molecule has 32 heavy (non-hydrogen) atoms. The van der Waals surface area contributed by atoms with Crippen molar-refractivity contribution < 1.29 is 17.6 Å². The van der Waals surface area contributed by atoms with Crippen molar-refractivity contribution in [2.75, 3.05) is 18.4 Å². The van der Waals surface area contributed by atoms with Crippen molar-refractivity contribution in [3.05, 3.63) is 78.4 Å². The van der Waals surface area contributed by atoms with Crippen molar-refractivity contribution >= 4 is 32.7 Å². The van der Waals surface area contributed by atoms with Gasteiger partial charge in [-0.15, -0.1) is 0 Å². The van der Waals surface area contributed by atoms with Gasteiger partial charge in [-0.25, -0.2) is 13.4 Å². The number of carbonyl (C=O) groups excluding carboxylic acids is 1. The lowest BCUT2D eigenvalue weighted by molar-refractivity contribution is 0.102. The molecule has 8 heteroatoms. The molecule has 3 aromatic carbocycles. The number of para-hydroxylation sites is 2. The van der Waals surface area contributed by atoms with Crippen LogP contribution in [0.15, 0.2) is 82.1 Å². The smallest absolute Gasteiger partial charge is 0.255 e. The molecule has 0 atom stereocenters. The summed E-state index contributed by atoms with van der Waals surface area (Å²) in [5, 5.41) is 2.82. The second-order valence-electron chi connectivity index (χ2n) is 7.13. The maximum absolute atomic E-state index is 12.6. The first kappa shape index (κ1) is 21.7. The van der Waals surface area contributed by atoms with Crippen molar-refractivity contribution in [1.82, 2.24) is 9.29 Å². The standard InChI is InChI=1S/C24H23N3O4S/c1-3-27(4-2)32(29,30)20-15-11-17(12-16-20)23(28)25-19-13-9-18(10-14-19)24-26-21-7-5-6-8-22(21)31-24/h5-16H,3-4H2,1-2H3,(H,25,28). The van der Waals surface area contributed by atoms with Gasteiger partial charge in [-0.3, -0.25) is 4.79 Å². The highest BCUT2D eigenvalue weighted by atomic mass is 32.2. The minimum atomic E-state index is -3.56. The summed E-state index contributed by atoms with van der Waals surface area (Å²) in [6, 6.07) is 20.6. The highest BCUT2D eigenvalue weighted by Gasteiger charge is 2.21. The van der Waals surface area contributed by atoms with Crippen LogP contribution in [-0.2, 0) is 10.0 Å². The molecular formula is C24H23N3O4S. The van der Waals surface area contributed by atoms with Crippen LogP contribution < -0.4 is 5.32 Å². The zero-order valence-corrected chi connectivity index (χ0v) is 18.6. The summed E-state index contributed by atoms with van der Waals surface area (Å²) in [7, 11) is -3.56. The fourth-order valence-electron chi connectivity index (χ4n) is 3.39. The molecule has 164 valence electrons. The summed E-state index contributed by atoms with van der Waals surface area (Å²) in [4.78, 5) is 17.2. The molecule has 0 saturated carbocycles. The number of benzene rings is 3. The third-order valence-electron chi connectivity index (χ3n) is 5.14. The number of hydrogen-bond donors (Lipinski definition) is 1. The Morgan fingerprint density at radius 2 is 1.59 bits per heavy atom. The summed E-state index contributed by atoms with van der Waals surface area (Å²) >= 11 is 0. The number of carbonyl (C=O) groups is 1. The van der Waals surface area contributed by atoms with Crippen molar-refractivity contribution in [2.45, 2.75) is 18.7 Å². The minimum Gasteiger partial charge on any atom is -0.436 e. The molecule has 0 spiro atoms. The quantitative estimate of drug-likeness (QED) is 0.438. The Balaban J connectivity index is 1.47. The number of anilines is 1. The Hall–Kier alpha value is -3.49. The summed E-state index contributed by atoms with van der Waals surface area (Å²) in [6.07, 6.45) is 0. The van der Waals surface area contributed by atoms with Gasteiger partial charge < -0.3 is 9.73 Å². The Morgan fingerprint density at radius 1 is 0.938 bits per heavy atom. The topological polar surface area (TPSA) is 92.5 Å². The molecule has 0 saturated heterocycles. The van der Waals surface area contributed by atoms with E-state index < -0.39 is 10.0 Å². The molecule has 1 heterocycles. The molecule has 0 aliphatic carbocycles. The van der Waals surface area contributed by atoms with Crippen LogP contribution in [0.5, 0.6) is 0 Å². The van der Waals surface area contributed by atoms with Gasteiger partial charge in [0.15, 0.2) is 5.58 Å². The van der Waals surface area contributed by atoms with Crippen molar-refractivity contribution in [2.24, 2.45) is 0 Å². The lowest BCUT2D eigenvalue weighted by Gasteiger charge is -2.18. The second kappa shape index (κ2) is 8.94. The third kappa shape index (κ3) is 4.28. The van der Waals surface area contributed by atoms with Crippen LogP contribution in [0.25, 0.3) is 22.6 Å². The predicted octanol–water partition coefficient (Wildman–Crippen LogP) is 4.78. The van der Waals surface area contributed by atoms with Gasteiger partial charge in [0.1, 0.15) is 5.52 Å². The number of fused-ring (bicyclic) bond motifs is 1. The molecular weight excluding hydrogens is 426 g/mol. The van der Waals surface area contributed by atoms with E-state index in [2.05, 4.69) is 10.3 Å². The molecule has 4 aromatic rings. The SMILES string of the molecule is CCN(CC)S(=O)(=O)c1ccc(C(=O)Nc2ccc(-c3nc4ccccc4o3)cc2)cc1. The average Bonchev–Trinajstić information content (AvgIpc) is 3.24. The number of nitrogens with one attached hydrogen (secondary N) is 1. The number of nitrogens with zero attached hydrogens (tertiary/aromatic N) is 2. The molecule has 0 unspecified atom stereocenters. The van der Waals surface area contributed by atoms with Crippen molar-refractivity contribution in [3.63, 3.8) is 0 Å². The molecule has 4 rings (SSSR count). The predicted molar refractivity (Wildman–Crippen MR) is 124 cm³/mol. The van der Waals surface area contributed by atoms with Crippen molar-refractivity contribution in [3.8, 4) is 11.5 Å². The molecule has 1 amide bonds. The van der Waals surface area contributed by atoms with Crippen LogP contribution in [0.3, 0.4) is 0 Å². The third-order valence-corrected chi connectivity index (χ3v) is 7.21. The number of hydrogen-bond acceptors (Lipinski definition) is 5. The monoisotopic (exact) mass is 449 g/mol. The van der Waals surface area contributed by atoms with E-state index in [9.17, 15) is 13.2 Å². The number of amides is 1. The number of sulfonamides is 1. The summed E-state index contributed by atoms with van der Waals surface area (Å²) < 4.78 is 32.3. The van der Waals surface area contributed by atoms with Gasteiger partial charge in [0.25, 0.3) is 5.91 Å². The molecule has 0 bridgehead atoms. The minimum absolute atomic E-state index is 0.167. The first-order valence-electron chi connectivity index (χ1n) is 10.3. The molecule has 0 aliphatic rings. The van der Waals surface area contributed by atoms with E-state index in [0.717, 1.165) is 11.1 Å². The van der Waals surface area contributed by atoms with Gasteiger partial charge in [-0.05, 0) is 60.7 Å². The van der Waals surface area contributed by atoms with E-state index in [1.165, 1.54) is 28.6 Å². The van der Waals surface area contributed by atoms with Crippen LogP contribution in [0, 0.1) is 0 Å². The van der Waals surface area contributed by atoms with E-state index >= 15 is 0 Å². The van der Waals surface area contributed by atoms with Crippen molar-refractivity contribution in [1.29, 1.82) is 0 Å². The van der Waals surface area contributed by atoms with Gasteiger partial charge in [0.2, 0.25) is 15.9 Å². The van der Waals surface area contributed by atoms with E-state index in [4.69, 9.17) is 4.42 Å². The van der Waals surface area contributed by atoms with Crippen LogP contribution in [0.2, 0.25) is 0 Å². The Bertz CT molecular complexity index is 1310. The Labute approximate surface area is 186 Å². The zero-order valence-electron chi connectivity index (χ0n) is 17.8. The van der Waals surface area contributed by atoms with Crippen LogP contribution in [0.4, 0.5) is 5.69 Å². The maximum Gasteiger partial charge on any atom is 0.255 e. The largest absolute Gasteiger partial charge is 0.436 e. The highest BCUT2D eigenvalue weighted by Crippen LogP contribution is 2.25.